The Labute approximate surface area is 198 Å². The van der Waals surface area contributed by atoms with E-state index in [9.17, 15) is 14.4 Å². The van der Waals surface area contributed by atoms with Crippen LogP contribution in [-0.4, -0.2) is 57.6 Å². The molecule has 0 radical (unpaired) electrons. The number of hydrogen-bond donors (Lipinski definition) is 1. The van der Waals surface area contributed by atoms with E-state index in [1.165, 1.54) is 16.8 Å². The van der Waals surface area contributed by atoms with Crippen molar-refractivity contribution in [1.29, 1.82) is 0 Å². The highest BCUT2D eigenvalue weighted by Gasteiger charge is 2.53. The van der Waals surface area contributed by atoms with Gasteiger partial charge in [0.1, 0.15) is 12.2 Å². The molecule has 2 rings (SSSR count). The van der Waals surface area contributed by atoms with E-state index in [-0.39, 0.29) is 16.7 Å². The van der Waals surface area contributed by atoms with Gasteiger partial charge in [0, 0.05) is 12.3 Å². The molecule has 1 aliphatic heterocycles. The fourth-order valence-electron chi connectivity index (χ4n) is 3.07. The molecule has 1 aromatic heterocycles. The summed E-state index contributed by atoms with van der Waals surface area (Å²) in [5.74, 6) is 0. The predicted octanol–water partition coefficient (Wildman–Crippen LogP) is 3.39. The number of rotatable bonds is 8. The van der Waals surface area contributed by atoms with Gasteiger partial charge < -0.3 is 18.3 Å². The molecule has 188 valence electrons. The van der Waals surface area contributed by atoms with Crippen LogP contribution in [0, 0.1) is 0 Å². The number of carbonyl (C=O) groups excluding carboxylic acids is 1. The minimum atomic E-state index is -2.36. The lowest BCUT2D eigenvalue weighted by Gasteiger charge is -2.40. The third kappa shape index (κ3) is 6.13. The number of hydrogen-bond acceptors (Lipinski definition) is 7. The molecule has 9 nitrogen and oxygen atoms in total. The zero-order chi connectivity index (χ0) is 25.4. The summed E-state index contributed by atoms with van der Waals surface area (Å²) in [6.07, 6.45) is -1.66. The molecule has 0 aliphatic carbocycles. The Kier molecular flexibility index (Phi) is 8.07. The largest absolute Gasteiger partial charge is 0.459 e. The van der Waals surface area contributed by atoms with Gasteiger partial charge in [0.25, 0.3) is 12.0 Å². The topological polar surface area (TPSA) is 109 Å². The lowest BCUT2D eigenvalue weighted by atomic mass is 10.1. The predicted molar refractivity (Wildman–Crippen MR) is 131 cm³/mol. The van der Waals surface area contributed by atoms with Crippen LogP contribution < -0.4 is 11.2 Å². The smallest absolute Gasteiger partial charge is 0.330 e. The fourth-order valence-corrected chi connectivity index (χ4v) is 5.37. The molecule has 0 saturated carbocycles. The van der Waals surface area contributed by atoms with Crippen LogP contribution >= 0.6 is 0 Å². The maximum absolute atomic E-state index is 12.6. The monoisotopic (exact) mass is 500 g/mol. The highest BCUT2D eigenvalue weighted by Crippen LogP contribution is 2.43. The number of nitrogens with zero attached hydrogens (tertiary/aromatic N) is 1. The molecule has 11 heteroatoms. The van der Waals surface area contributed by atoms with Crippen molar-refractivity contribution in [2.45, 2.75) is 102 Å². The van der Waals surface area contributed by atoms with Gasteiger partial charge in [-0.1, -0.05) is 41.5 Å². The van der Waals surface area contributed by atoms with E-state index in [0.717, 1.165) is 0 Å². The van der Waals surface area contributed by atoms with E-state index in [0.29, 0.717) is 6.47 Å². The summed E-state index contributed by atoms with van der Waals surface area (Å²) in [4.78, 5) is 37.9. The molecule has 0 unspecified atom stereocenters. The summed E-state index contributed by atoms with van der Waals surface area (Å²) >= 11 is 0. The molecule has 0 amide bonds. The van der Waals surface area contributed by atoms with Crippen LogP contribution in [0.3, 0.4) is 0 Å². The standard InChI is InChI=1S/C22H40N2O7Si2/c1-21(2,3)32(7,8)29-13-15-17(28-14-25)18(31-33(9,10)22(4,5)6)19(30-15)24-12-11-16(26)23-20(24)27/h11-12,14-15,17-19H,13H2,1-10H3,(H,23,26,27)/t15-,17-,18-,19-/m1/s1. The van der Waals surface area contributed by atoms with Gasteiger partial charge in [-0.3, -0.25) is 19.1 Å². The van der Waals surface area contributed by atoms with Crippen molar-refractivity contribution in [3.8, 4) is 0 Å². The maximum atomic E-state index is 12.6. The van der Waals surface area contributed by atoms with Gasteiger partial charge in [0.05, 0.1) is 6.61 Å². The van der Waals surface area contributed by atoms with Crippen molar-refractivity contribution >= 4 is 23.1 Å². The van der Waals surface area contributed by atoms with Gasteiger partial charge in [0.15, 0.2) is 29.0 Å². The van der Waals surface area contributed by atoms with Gasteiger partial charge in [-0.05, 0) is 36.3 Å². The Bertz CT molecular complexity index is 944. The third-order valence-corrected chi connectivity index (χ3v) is 16.2. The summed E-state index contributed by atoms with van der Waals surface area (Å²) < 4.78 is 26.0. The minimum Gasteiger partial charge on any atom is -0.459 e. The Morgan fingerprint density at radius 3 is 2.09 bits per heavy atom. The molecule has 1 saturated heterocycles. The van der Waals surface area contributed by atoms with Crippen LogP contribution in [0.15, 0.2) is 21.9 Å². The van der Waals surface area contributed by atoms with Crippen molar-refractivity contribution in [2.24, 2.45) is 0 Å². The lowest BCUT2D eigenvalue weighted by molar-refractivity contribution is -0.140. The van der Waals surface area contributed by atoms with E-state index in [1.807, 2.05) is 0 Å². The van der Waals surface area contributed by atoms with Crippen molar-refractivity contribution in [2.75, 3.05) is 6.61 Å². The average Bonchev–Trinajstić information content (AvgIpc) is 2.95. The van der Waals surface area contributed by atoms with Gasteiger partial charge in [-0.2, -0.15) is 0 Å². The molecule has 4 atom stereocenters. The molecule has 1 aromatic rings. The van der Waals surface area contributed by atoms with Gasteiger partial charge in [-0.25, -0.2) is 4.79 Å². The summed E-state index contributed by atoms with van der Waals surface area (Å²) in [6.45, 7) is 21.7. The van der Waals surface area contributed by atoms with Crippen LogP contribution in [-0.2, 0) is 23.1 Å². The summed E-state index contributed by atoms with van der Waals surface area (Å²) in [6, 6.07) is 1.25. The Balaban J connectivity index is 2.48. The summed E-state index contributed by atoms with van der Waals surface area (Å²) in [7, 11) is -4.47. The second-order valence-electron chi connectivity index (χ2n) is 11.7. The number of aromatic amines is 1. The fraction of sp³-hybridized carbons (Fsp3) is 0.773. The van der Waals surface area contributed by atoms with Crippen molar-refractivity contribution in [1.82, 2.24) is 9.55 Å². The number of carbonyl (C=O) groups is 1. The highest BCUT2D eigenvalue weighted by atomic mass is 28.4. The molecule has 0 aromatic carbocycles. The van der Waals surface area contributed by atoms with E-state index < -0.39 is 52.4 Å². The molecular weight excluding hydrogens is 460 g/mol. The summed E-state index contributed by atoms with van der Waals surface area (Å²) in [5.41, 5.74) is -1.12. The molecule has 2 heterocycles. The first-order valence-corrected chi connectivity index (χ1v) is 17.1. The zero-order valence-corrected chi connectivity index (χ0v) is 23.6. The number of aromatic nitrogens is 2. The van der Waals surface area contributed by atoms with Crippen LogP contribution in [0.5, 0.6) is 0 Å². The van der Waals surface area contributed by atoms with Crippen molar-refractivity contribution < 1.29 is 23.1 Å². The van der Waals surface area contributed by atoms with Crippen molar-refractivity contribution in [3.05, 3.63) is 33.1 Å². The van der Waals surface area contributed by atoms with E-state index >= 15 is 0 Å². The van der Waals surface area contributed by atoms with Crippen LogP contribution in [0.2, 0.25) is 36.3 Å². The molecular formula is C22H40N2O7Si2. The molecule has 33 heavy (non-hydrogen) atoms. The minimum absolute atomic E-state index is 0.0150. The molecule has 0 bridgehead atoms. The first kappa shape index (κ1) is 27.7. The molecule has 1 N–H and O–H groups in total. The molecule has 0 spiro atoms. The normalized spacial score (nSPS) is 24.7. The average molecular weight is 501 g/mol. The van der Waals surface area contributed by atoms with E-state index in [2.05, 4.69) is 72.7 Å². The highest BCUT2D eigenvalue weighted by molar-refractivity contribution is 6.74. The van der Waals surface area contributed by atoms with E-state index in [4.69, 9.17) is 18.3 Å². The van der Waals surface area contributed by atoms with Gasteiger partial charge in [0.2, 0.25) is 0 Å². The third-order valence-electron chi connectivity index (χ3n) is 7.28. The zero-order valence-electron chi connectivity index (χ0n) is 21.6. The number of nitrogens with one attached hydrogen (secondary N) is 1. The molecule has 1 fully saturated rings. The van der Waals surface area contributed by atoms with Crippen LogP contribution in [0.1, 0.15) is 47.8 Å². The number of H-pyrrole nitrogens is 1. The Morgan fingerprint density at radius 1 is 1.03 bits per heavy atom. The van der Waals surface area contributed by atoms with Gasteiger partial charge in [-0.15, -0.1) is 0 Å². The summed E-state index contributed by atoms with van der Waals surface area (Å²) in [5, 5.41) is -0.145. The molecule has 1 aliphatic rings. The maximum Gasteiger partial charge on any atom is 0.330 e. The quantitative estimate of drug-likeness (QED) is 0.430. The first-order chi connectivity index (χ1) is 14.9. The van der Waals surface area contributed by atoms with Crippen LogP contribution in [0.25, 0.3) is 0 Å². The van der Waals surface area contributed by atoms with E-state index in [1.54, 1.807) is 0 Å². The Morgan fingerprint density at radius 2 is 1.61 bits per heavy atom. The number of ether oxygens (including phenoxy) is 2. The second-order valence-corrected chi connectivity index (χ2v) is 21.3. The second kappa shape index (κ2) is 9.61. The van der Waals surface area contributed by atoms with Crippen LogP contribution in [0.4, 0.5) is 0 Å². The lowest BCUT2D eigenvalue weighted by Crippen LogP contribution is -2.50. The SMILES string of the molecule is CC(C)(C)[Si](C)(C)OC[C@H]1O[C@@H](n2ccc(=O)[nH]c2=O)[C@H](O[Si](C)(C)C(C)(C)C)[C@@H]1OC=O. The van der Waals surface area contributed by atoms with Crippen molar-refractivity contribution in [3.63, 3.8) is 0 Å². The Hall–Kier alpha value is -1.54. The first-order valence-electron chi connectivity index (χ1n) is 11.3. The van der Waals surface area contributed by atoms with Gasteiger partial charge >= 0.3 is 5.69 Å².